The summed E-state index contributed by atoms with van der Waals surface area (Å²) in [6.07, 6.45) is 8.80. The van der Waals surface area contributed by atoms with E-state index in [0.29, 0.717) is 0 Å². The van der Waals surface area contributed by atoms with E-state index in [9.17, 15) is 0 Å². The normalized spacial score (nSPS) is 23.2. The molecule has 0 aliphatic heterocycles. The van der Waals surface area contributed by atoms with Crippen LogP contribution in [0.4, 0.5) is 0 Å². The molecular formula is C8H16B. The third-order valence-electron chi connectivity index (χ3n) is 2.37. The monoisotopic (exact) mass is 123 g/mol. The Kier molecular flexibility index (Phi) is 3.17. The summed E-state index contributed by atoms with van der Waals surface area (Å²) in [5.74, 6) is 0.951. The predicted molar refractivity (Wildman–Crippen MR) is 43.1 cm³/mol. The van der Waals surface area contributed by atoms with Crippen molar-refractivity contribution in [2.45, 2.75) is 51.2 Å². The quantitative estimate of drug-likeness (QED) is 0.371. The van der Waals surface area contributed by atoms with Crippen LogP contribution in [-0.2, 0) is 0 Å². The van der Waals surface area contributed by atoms with Crippen LogP contribution in [0.1, 0.15) is 38.5 Å². The summed E-state index contributed by atoms with van der Waals surface area (Å²) in [6.45, 7) is 2.20. The van der Waals surface area contributed by atoms with Crippen molar-refractivity contribution in [2.75, 3.05) is 0 Å². The third-order valence-corrected chi connectivity index (χ3v) is 2.37. The zero-order valence-electron chi connectivity index (χ0n) is 6.40. The Morgan fingerprint density at radius 1 is 1.00 bits per heavy atom. The summed E-state index contributed by atoms with van der Waals surface area (Å²) < 4.78 is 0. The van der Waals surface area contributed by atoms with Crippen molar-refractivity contribution in [1.29, 1.82) is 0 Å². The molecule has 1 fully saturated rings. The van der Waals surface area contributed by atoms with Gasteiger partial charge in [-0.15, -0.1) is 0 Å². The molecule has 0 unspecified atom stereocenters. The van der Waals surface area contributed by atoms with Gasteiger partial charge in [-0.1, -0.05) is 51.2 Å². The van der Waals surface area contributed by atoms with Crippen molar-refractivity contribution in [3.05, 3.63) is 0 Å². The van der Waals surface area contributed by atoms with E-state index in [1.807, 2.05) is 0 Å². The number of hydrogen-bond donors (Lipinski definition) is 0. The van der Waals surface area contributed by atoms with Crippen molar-refractivity contribution < 1.29 is 0 Å². The molecule has 0 amide bonds. The molecule has 0 saturated heterocycles. The lowest BCUT2D eigenvalue weighted by Gasteiger charge is -2.07. The van der Waals surface area contributed by atoms with Crippen LogP contribution in [0.2, 0.25) is 12.6 Å². The van der Waals surface area contributed by atoms with Crippen LogP contribution in [0.3, 0.4) is 0 Å². The van der Waals surface area contributed by atoms with Gasteiger partial charge in [0.25, 0.3) is 0 Å². The highest BCUT2D eigenvalue weighted by atomic mass is 14.1. The van der Waals surface area contributed by atoms with Gasteiger partial charge in [0.15, 0.2) is 0 Å². The summed E-state index contributed by atoms with van der Waals surface area (Å²) in [5, 5.41) is 0. The highest BCUT2D eigenvalue weighted by molar-refractivity contribution is 6.35. The second-order valence-electron chi connectivity index (χ2n) is 3.08. The molecule has 1 aliphatic rings. The maximum atomic E-state index is 2.38. The van der Waals surface area contributed by atoms with Gasteiger partial charge in [-0.05, 0) is 0 Å². The van der Waals surface area contributed by atoms with Gasteiger partial charge < -0.3 is 0 Å². The molecule has 0 bridgehead atoms. The third kappa shape index (κ3) is 2.42. The van der Waals surface area contributed by atoms with Gasteiger partial charge in [-0.25, -0.2) is 0 Å². The molecule has 0 heterocycles. The van der Waals surface area contributed by atoms with Gasteiger partial charge in [0.1, 0.15) is 7.28 Å². The van der Waals surface area contributed by atoms with E-state index < -0.39 is 0 Å². The molecule has 1 radical (unpaired) electrons. The molecule has 51 valence electrons. The lowest BCUT2D eigenvalue weighted by Crippen LogP contribution is -1.96. The molecule has 0 aromatic rings. The van der Waals surface area contributed by atoms with E-state index in [2.05, 4.69) is 14.1 Å². The van der Waals surface area contributed by atoms with Gasteiger partial charge >= 0.3 is 0 Å². The molecule has 1 aliphatic carbocycles. The highest BCUT2D eigenvalue weighted by Gasteiger charge is 2.09. The van der Waals surface area contributed by atoms with Crippen molar-refractivity contribution in [2.24, 2.45) is 0 Å². The fourth-order valence-corrected chi connectivity index (χ4v) is 1.64. The largest absolute Gasteiger partial charge is 0.110 e. The average Bonchev–Trinajstić information content (AvgIpc) is 2.13. The van der Waals surface area contributed by atoms with Crippen LogP contribution in [-0.4, -0.2) is 7.28 Å². The average molecular weight is 123 g/mol. The molecule has 1 saturated carbocycles. The van der Waals surface area contributed by atoms with Crippen LogP contribution in [0.25, 0.3) is 0 Å². The van der Waals surface area contributed by atoms with E-state index in [-0.39, 0.29) is 0 Å². The van der Waals surface area contributed by atoms with E-state index in [4.69, 9.17) is 0 Å². The summed E-state index contributed by atoms with van der Waals surface area (Å²) in [6, 6.07) is 0. The fourth-order valence-electron chi connectivity index (χ4n) is 1.64. The SMILES string of the molecule is C[B]C1CCCCCC1. The molecule has 0 aromatic heterocycles. The van der Waals surface area contributed by atoms with E-state index in [1.54, 1.807) is 0 Å². The Morgan fingerprint density at radius 2 is 1.56 bits per heavy atom. The van der Waals surface area contributed by atoms with Crippen LogP contribution in [0.15, 0.2) is 0 Å². The predicted octanol–water partition coefficient (Wildman–Crippen LogP) is 2.88. The summed E-state index contributed by atoms with van der Waals surface area (Å²) in [5.41, 5.74) is 0. The van der Waals surface area contributed by atoms with Crippen LogP contribution in [0, 0.1) is 0 Å². The first kappa shape index (κ1) is 7.18. The van der Waals surface area contributed by atoms with Gasteiger partial charge in [0, 0.05) is 0 Å². The molecule has 0 spiro atoms. The zero-order chi connectivity index (χ0) is 6.53. The molecule has 0 N–H and O–H groups in total. The topological polar surface area (TPSA) is 0 Å². The highest BCUT2D eigenvalue weighted by Crippen LogP contribution is 2.26. The summed E-state index contributed by atoms with van der Waals surface area (Å²) in [7, 11) is 2.38. The Balaban J connectivity index is 2.18. The minimum atomic E-state index is 0.951. The van der Waals surface area contributed by atoms with Crippen molar-refractivity contribution in [3.8, 4) is 0 Å². The van der Waals surface area contributed by atoms with Gasteiger partial charge in [0.2, 0.25) is 0 Å². The van der Waals surface area contributed by atoms with Gasteiger partial charge in [0.05, 0.1) is 0 Å². The van der Waals surface area contributed by atoms with Crippen LogP contribution < -0.4 is 0 Å². The standard InChI is InChI=1S/C8H16B/c1-9-8-6-4-2-3-5-7-8/h8H,2-7H2,1H3. The summed E-state index contributed by atoms with van der Waals surface area (Å²) in [4.78, 5) is 0. The summed E-state index contributed by atoms with van der Waals surface area (Å²) >= 11 is 0. The van der Waals surface area contributed by atoms with E-state index in [1.165, 1.54) is 38.5 Å². The molecule has 0 nitrogen and oxygen atoms in total. The first-order valence-electron chi connectivity index (χ1n) is 4.23. The maximum Gasteiger partial charge on any atom is 0.110 e. The number of rotatable bonds is 1. The molecule has 9 heavy (non-hydrogen) atoms. The molecule has 1 heteroatoms. The van der Waals surface area contributed by atoms with E-state index >= 15 is 0 Å². The smallest absolute Gasteiger partial charge is 0.0917 e. The maximum absolute atomic E-state index is 2.38. The zero-order valence-corrected chi connectivity index (χ0v) is 6.40. The second-order valence-corrected chi connectivity index (χ2v) is 3.08. The second kappa shape index (κ2) is 3.97. The molecular weight excluding hydrogens is 107 g/mol. The van der Waals surface area contributed by atoms with Crippen molar-refractivity contribution in [1.82, 2.24) is 0 Å². The van der Waals surface area contributed by atoms with Crippen LogP contribution >= 0.6 is 0 Å². The van der Waals surface area contributed by atoms with Gasteiger partial charge in [-0.3, -0.25) is 0 Å². The van der Waals surface area contributed by atoms with Crippen molar-refractivity contribution >= 4 is 7.28 Å². The number of hydrogen-bond acceptors (Lipinski definition) is 0. The molecule has 0 atom stereocenters. The lowest BCUT2D eigenvalue weighted by atomic mass is 9.64. The minimum Gasteiger partial charge on any atom is -0.0917 e. The Hall–Kier alpha value is 0.0649. The van der Waals surface area contributed by atoms with E-state index in [0.717, 1.165) is 5.82 Å². The van der Waals surface area contributed by atoms with Crippen LogP contribution in [0.5, 0.6) is 0 Å². The Bertz CT molecular complexity index is 63.0. The molecule has 1 rings (SSSR count). The van der Waals surface area contributed by atoms with Gasteiger partial charge in [-0.2, -0.15) is 0 Å². The first-order valence-corrected chi connectivity index (χ1v) is 4.23. The lowest BCUT2D eigenvalue weighted by molar-refractivity contribution is 0.694. The van der Waals surface area contributed by atoms with Crippen molar-refractivity contribution in [3.63, 3.8) is 0 Å². The Morgan fingerprint density at radius 3 is 2.00 bits per heavy atom. The minimum absolute atomic E-state index is 0.951. The molecule has 0 aromatic carbocycles. The first-order chi connectivity index (χ1) is 4.43. The fraction of sp³-hybridized carbons (Fsp3) is 1.00. The Labute approximate surface area is 59.3 Å².